The number of rotatable bonds is 10. The number of carboxylic acid groups (broad SMARTS) is 1. The molecule has 0 aromatic heterocycles. The summed E-state index contributed by atoms with van der Waals surface area (Å²) >= 11 is 0. The Kier molecular flexibility index (Phi) is 8.29. The van der Waals surface area contributed by atoms with Crippen LogP contribution in [-0.2, 0) is 11.2 Å². The van der Waals surface area contributed by atoms with Crippen LogP contribution in [0.2, 0.25) is 0 Å². The average molecular weight is 426 g/mol. The highest BCUT2D eigenvalue weighted by Crippen LogP contribution is 2.28. The van der Waals surface area contributed by atoms with Gasteiger partial charge in [0, 0.05) is 32.6 Å². The highest BCUT2D eigenvalue weighted by Gasteiger charge is 2.19. The zero-order valence-corrected chi connectivity index (χ0v) is 18.0. The van der Waals surface area contributed by atoms with Crippen molar-refractivity contribution < 1.29 is 19.8 Å². The molecule has 1 heterocycles. The number of aliphatic carboxylic acids is 1. The van der Waals surface area contributed by atoms with Crippen molar-refractivity contribution in [3.63, 3.8) is 0 Å². The quantitative estimate of drug-likeness (QED) is 0.344. The van der Waals surface area contributed by atoms with Crippen molar-refractivity contribution in [2.45, 2.75) is 25.7 Å². The van der Waals surface area contributed by atoms with Gasteiger partial charge in [-0.05, 0) is 42.6 Å². The molecule has 2 N–H and O–H groups in total. The molecule has 1 saturated heterocycles. The van der Waals surface area contributed by atoms with Gasteiger partial charge in [-0.3, -0.25) is 9.69 Å². The van der Waals surface area contributed by atoms with E-state index in [9.17, 15) is 4.79 Å². The Labute approximate surface area is 183 Å². The Morgan fingerprint density at radius 2 is 1.74 bits per heavy atom. The third-order valence-corrected chi connectivity index (χ3v) is 5.72. The number of anilines is 1. The van der Waals surface area contributed by atoms with Gasteiger partial charge in [-0.15, -0.1) is 0 Å². The van der Waals surface area contributed by atoms with Crippen molar-refractivity contribution in [1.29, 1.82) is 0 Å². The van der Waals surface area contributed by atoms with Crippen LogP contribution in [0.25, 0.3) is 0 Å². The lowest BCUT2D eigenvalue weighted by Gasteiger charge is -2.36. The van der Waals surface area contributed by atoms with Crippen LogP contribution in [0, 0.1) is 0 Å². The molecule has 1 fully saturated rings. The summed E-state index contributed by atoms with van der Waals surface area (Å²) in [7, 11) is 1.72. The predicted octanol–water partition coefficient (Wildman–Crippen LogP) is 3.49. The van der Waals surface area contributed by atoms with Gasteiger partial charge < -0.3 is 20.0 Å². The average Bonchev–Trinajstić information content (AvgIpc) is 2.80. The van der Waals surface area contributed by atoms with E-state index in [-0.39, 0.29) is 12.8 Å². The molecule has 0 atom stereocenters. The minimum Gasteiger partial charge on any atom is -0.495 e. The zero-order valence-electron chi connectivity index (χ0n) is 18.0. The lowest BCUT2D eigenvalue weighted by Crippen LogP contribution is -2.46. The van der Waals surface area contributed by atoms with E-state index in [1.165, 1.54) is 11.3 Å². The minimum absolute atomic E-state index is 0.0501. The van der Waals surface area contributed by atoms with Crippen molar-refractivity contribution >= 4 is 17.4 Å². The van der Waals surface area contributed by atoms with Gasteiger partial charge in [0.15, 0.2) is 0 Å². The smallest absolute Gasteiger partial charge is 0.303 e. The van der Waals surface area contributed by atoms with Crippen molar-refractivity contribution in [3.8, 4) is 5.75 Å². The first-order valence-corrected chi connectivity index (χ1v) is 10.7. The molecule has 0 aliphatic carbocycles. The molecule has 2 aromatic rings. The van der Waals surface area contributed by atoms with E-state index in [1.807, 2.05) is 36.4 Å². The molecule has 0 amide bonds. The molecule has 0 radical (unpaired) electrons. The number of ether oxygens (including phenoxy) is 1. The first-order chi connectivity index (χ1) is 15.1. The Hall–Kier alpha value is -3.06. The summed E-state index contributed by atoms with van der Waals surface area (Å²) in [5.74, 6) is 0.0262. The molecule has 0 spiro atoms. The van der Waals surface area contributed by atoms with E-state index in [0.29, 0.717) is 5.71 Å². The number of carbonyl (C=O) groups is 1. The summed E-state index contributed by atoms with van der Waals surface area (Å²) in [6.45, 7) is 5.13. The van der Waals surface area contributed by atoms with E-state index in [0.717, 1.165) is 56.9 Å². The molecular formula is C24H31N3O4. The van der Waals surface area contributed by atoms with Crippen LogP contribution in [0.5, 0.6) is 5.75 Å². The van der Waals surface area contributed by atoms with Gasteiger partial charge in [-0.1, -0.05) is 41.6 Å². The number of methoxy groups -OCH3 is 1. The number of piperazine rings is 1. The lowest BCUT2D eigenvalue weighted by atomic mass is 10.0. The predicted molar refractivity (Wildman–Crippen MR) is 122 cm³/mol. The Morgan fingerprint density at radius 1 is 1.03 bits per heavy atom. The Bertz CT molecular complexity index is 875. The highest BCUT2D eigenvalue weighted by atomic mass is 16.5. The van der Waals surface area contributed by atoms with Crippen LogP contribution >= 0.6 is 0 Å². The normalized spacial score (nSPS) is 15.1. The summed E-state index contributed by atoms with van der Waals surface area (Å²) in [6, 6.07) is 16.0. The molecule has 0 saturated carbocycles. The number of benzene rings is 2. The van der Waals surface area contributed by atoms with Crippen LogP contribution < -0.4 is 9.64 Å². The maximum atomic E-state index is 10.7. The van der Waals surface area contributed by atoms with Crippen LogP contribution in [0.15, 0.2) is 53.7 Å². The van der Waals surface area contributed by atoms with Gasteiger partial charge in [0.05, 0.1) is 24.9 Å². The molecule has 1 aliphatic heterocycles. The second-order valence-corrected chi connectivity index (χ2v) is 7.74. The molecule has 1 aliphatic rings. The van der Waals surface area contributed by atoms with Gasteiger partial charge in [-0.2, -0.15) is 0 Å². The van der Waals surface area contributed by atoms with E-state index in [2.05, 4.69) is 27.1 Å². The maximum Gasteiger partial charge on any atom is 0.303 e. The summed E-state index contributed by atoms with van der Waals surface area (Å²) in [5, 5.41) is 21.2. The van der Waals surface area contributed by atoms with Crippen molar-refractivity contribution in [2.24, 2.45) is 5.16 Å². The third kappa shape index (κ3) is 6.46. The number of aryl methyl sites for hydroxylation is 1. The van der Waals surface area contributed by atoms with E-state index < -0.39 is 5.97 Å². The fraction of sp³-hybridized carbons (Fsp3) is 0.417. The fourth-order valence-electron chi connectivity index (χ4n) is 3.95. The molecule has 166 valence electrons. The standard InChI is InChI=1S/C24H31N3O4/c1-31-23-7-3-2-6-22(23)27-17-15-26(16-18-27)14-4-5-19-8-10-20(11-9-19)21(25-30)12-13-24(28)29/h2-3,6-11,30H,4-5,12-18H2,1H3,(H,28,29). The number of hydrogen-bond acceptors (Lipinski definition) is 6. The molecular weight excluding hydrogens is 394 g/mol. The number of oxime groups is 1. The molecule has 31 heavy (non-hydrogen) atoms. The lowest BCUT2D eigenvalue weighted by molar-refractivity contribution is -0.136. The van der Waals surface area contributed by atoms with Gasteiger partial charge in [-0.25, -0.2) is 0 Å². The van der Waals surface area contributed by atoms with Gasteiger partial charge in [0.25, 0.3) is 0 Å². The van der Waals surface area contributed by atoms with Crippen LogP contribution in [0.4, 0.5) is 5.69 Å². The first kappa shape index (κ1) is 22.6. The largest absolute Gasteiger partial charge is 0.495 e. The second kappa shape index (κ2) is 11.4. The number of carboxylic acids is 1. The molecule has 7 nitrogen and oxygen atoms in total. The van der Waals surface area contributed by atoms with Crippen molar-refractivity contribution in [1.82, 2.24) is 4.90 Å². The Morgan fingerprint density at radius 3 is 2.39 bits per heavy atom. The van der Waals surface area contributed by atoms with Crippen LogP contribution in [0.1, 0.15) is 30.4 Å². The third-order valence-electron chi connectivity index (χ3n) is 5.72. The van der Waals surface area contributed by atoms with Gasteiger partial charge >= 0.3 is 5.97 Å². The molecule has 7 heteroatoms. The monoisotopic (exact) mass is 425 g/mol. The van der Waals surface area contributed by atoms with Gasteiger partial charge in [0.1, 0.15) is 5.75 Å². The maximum absolute atomic E-state index is 10.7. The number of para-hydroxylation sites is 2. The molecule has 3 rings (SSSR count). The SMILES string of the molecule is COc1ccccc1N1CCN(CCCc2ccc(C(CCC(=O)O)=NO)cc2)CC1. The summed E-state index contributed by atoms with van der Waals surface area (Å²) in [4.78, 5) is 15.6. The van der Waals surface area contributed by atoms with E-state index in [1.54, 1.807) is 7.11 Å². The summed E-state index contributed by atoms with van der Waals surface area (Å²) in [6.07, 6.45) is 2.22. The first-order valence-electron chi connectivity index (χ1n) is 10.7. The van der Waals surface area contributed by atoms with Crippen LogP contribution in [0.3, 0.4) is 0 Å². The second-order valence-electron chi connectivity index (χ2n) is 7.74. The summed E-state index contributed by atoms with van der Waals surface area (Å²) < 4.78 is 5.49. The topological polar surface area (TPSA) is 85.6 Å². The number of nitrogens with zero attached hydrogens (tertiary/aromatic N) is 3. The molecule has 0 unspecified atom stereocenters. The van der Waals surface area contributed by atoms with Crippen molar-refractivity contribution in [3.05, 3.63) is 59.7 Å². The van der Waals surface area contributed by atoms with Crippen molar-refractivity contribution in [2.75, 3.05) is 44.7 Å². The fourth-order valence-corrected chi connectivity index (χ4v) is 3.95. The number of hydrogen-bond donors (Lipinski definition) is 2. The highest BCUT2D eigenvalue weighted by molar-refractivity contribution is 6.01. The van der Waals surface area contributed by atoms with E-state index in [4.69, 9.17) is 15.1 Å². The summed E-state index contributed by atoms with van der Waals surface area (Å²) in [5.41, 5.74) is 3.56. The van der Waals surface area contributed by atoms with Crippen LogP contribution in [-0.4, -0.2) is 66.7 Å². The minimum atomic E-state index is -0.901. The molecule has 2 aromatic carbocycles. The van der Waals surface area contributed by atoms with E-state index >= 15 is 0 Å². The zero-order chi connectivity index (χ0) is 22.1. The Balaban J connectivity index is 1.42. The molecule has 0 bridgehead atoms. The van der Waals surface area contributed by atoms with Gasteiger partial charge in [0.2, 0.25) is 0 Å².